The van der Waals surface area contributed by atoms with Crippen LogP contribution in [0.2, 0.25) is 5.02 Å². The van der Waals surface area contributed by atoms with Gasteiger partial charge in [0.25, 0.3) is 5.91 Å². The molecule has 28 heavy (non-hydrogen) atoms. The van der Waals surface area contributed by atoms with E-state index in [9.17, 15) is 4.79 Å². The highest BCUT2D eigenvalue weighted by Gasteiger charge is 2.23. The van der Waals surface area contributed by atoms with Crippen LogP contribution < -0.4 is 24.6 Å². The number of ether oxygens (including phenoxy) is 2. The molecule has 1 aromatic heterocycles. The summed E-state index contributed by atoms with van der Waals surface area (Å²) < 4.78 is 10.8. The first-order chi connectivity index (χ1) is 13.6. The van der Waals surface area contributed by atoms with Gasteiger partial charge in [-0.2, -0.15) is 4.98 Å². The zero-order valence-electron chi connectivity index (χ0n) is 16.2. The molecule has 1 aromatic carbocycles. The molecule has 0 radical (unpaired) electrons. The van der Waals surface area contributed by atoms with E-state index in [-0.39, 0.29) is 11.8 Å². The molecule has 2 aromatic rings. The highest BCUT2D eigenvalue weighted by Crippen LogP contribution is 2.32. The minimum atomic E-state index is -0.247. The van der Waals surface area contributed by atoms with E-state index in [0.29, 0.717) is 23.1 Å². The molecule has 1 fully saturated rings. The summed E-state index contributed by atoms with van der Waals surface area (Å²) in [4.78, 5) is 25.2. The van der Waals surface area contributed by atoms with Crippen LogP contribution in [-0.4, -0.2) is 62.8 Å². The number of halogens is 1. The molecule has 1 aliphatic rings. The summed E-state index contributed by atoms with van der Waals surface area (Å²) in [6.07, 6.45) is 1.51. The second kappa shape index (κ2) is 8.97. The van der Waals surface area contributed by atoms with E-state index < -0.39 is 0 Å². The number of carbonyl (C=O) groups excluding carboxylic acids is 1. The third-order valence-electron chi connectivity index (χ3n) is 4.56. The topological polar surface area (TPSA) is 79.8 Å². The SMILES string of the molecule is CCNC(=O)c1cnc(N2CCN(c3cc(Cl)ccc3OC)CC2)nc1OC. The van der Waals surface area contributed by atoms with Crippen LogP contribution in [0.1, 0.15) is 17.3 Å². The van der Waals surface area contributed by atoms with Crippen molar-refractivity contribution in [2.45, 2.75) is 6.92 Å². The lowest BCUT2D eigenvalue weighted by Crippen LogP contribution is -2.47. The van der Waals surface area contributed by atoms with Gasteiger partial charge in [0.2, 0.25) is 11.8 Å². The third-order valence-corrected chi connectivity index (χ3v) is 4.80. The van der Waals surface area contributed by atoms with Crippen LogP contribution in [0.5, 0.6) is 11.6 Å². The predicted molar refractivity (Wildman–Crippen MR) is 109 cm³/mol. The number of nitrogens with one attached hydrogen (secondary N) is 1. The van der Waals surface area contributed by atoms with E-state index in [0.717, 1.165) is 37.6 Å². The van der Waals surface area contributed by atoms with E-state index in [1.54, 1.807) is 7.11 Å². The number of hydrogen-bond acceptors (Lipinski definition) is 7. The molecular formula is C19H24ClN5O3. The van der Waals surface area contributed by atoms with Gasteiger partial charge in [0.05, 0.1) is 19.9 Å². The van der Waals surface area contributed by atoms with E-state index in [4.69, 9.17) is 21.1 Å². The molecule has 1 saturated heterocycles. The largest absolute Gasteiger partial charge is 0.495 e. The molecule has 0 atom stereocenters. The van der Waals surface area contributed by atoms with Crippen molar-refractivity contribution >= 4 is 29.1 Å². The van der Waals surface area contributed by atoms with Crippen molar-refractivity contribution in [3.8, 4) is 11.6 Å². The molecule has 9 heteroatoms. The van der Waals surface area contributed by atoms with Crippen LogP contribution in [0, 0.1) is 0 Å². The van der Waals surface area contributed by atoms with E-state index in [1.807, 2.05) is 25.1 Å². The molecule has 0 spiro atoms. The van der Waals surface area contributed by atoms with Crippen LogP contribution in [0.4, 0.5) is 11.6 Å². The fraction of sp³-hybridized carbons (Fsp3) is 0.421. The normalized spacial score (nSPS) is 14.0. The fourth-order valence-electron chi connectivity index (χ4n) is 3.13. The summed E-state index contributed by atoms with van der Waals surface area (Å²) in [6.45, 7) is 5.35. The van der Waals surface area contributed by atoms with Crippen molar-refractivity contribution in [1.29, 1.82) is 0 Å². The molecule has 1 amide bonds. The zero-order chi connectivity index (χ0) is 20.1. The smallest absolute Gasteiger partial charge is 0.258 e. The highest BCUT2D eigenvalue weighted by molar-refractivity contribution is 6.30. The van der Waals surface area contributed by atoms with Gasteiger partial charge in [0.15, 0.2) is 0 Å². The summed E-state index contributed by atoms with van der Waals surface area (Å²) in [7, 11) is 3.15. The van der Waals surface area contributed by atoms with Gasteiger partial charge in [0.1, 0.15) is 11.3 Å². The Morgan fingerprint density at radius 1 is 1.18 bits per heavy atom. The molecular weight excluding hydrogens is 382 g/mol. The molecule has 0 aliphatic carbocycles. The van der Waals surface area contributed by atoms with Gasteiger partial charge >= 0.3 is 0 Å². The number of nitrogens with zero attached hydrogens (tertiary/aromatic N) is 4. The first kappa shape index (κ1) is 20.0. The summed E-state index contributed by atoms with van der Waals surface area (Å²) in [5.41, 5.74) is 1.30. The lowest BCUT2D eigenvalue weighted by Gasteiger charge is -2.36. The van der Waals surface area contributed by atoms with Gasteiger partial charge in [-0.25, -0.2) is 4.98 Å². The maximum atomic E-state index is 12.1. The number of piperazine rings is 1. The van der Waals surface area contributed by atoms with Crippen molar-refractivity contribution in [2.75, 3.05) is 56.7 Å². The second-order valence-electron chi connectivity index (χ2n) is 6.24. The number of hydrogen-bond donors (Lipinski definition) is 1. The average molecular weight is 406 g/mol. The molecule has 0 saturated carbocycles. The monoisotopic (exact) mass is 405 g/mol. The minimum Gasteiger partial charge on any atom is -0.495 e. The Balaban J connectivity index is 1.73. The van der Waals surface area contributed by atoms with Gasteiger partial charge in [-0.15, -0.1) is 0 Å². The van der Waals surface area contributed by atoms with Crippen LogP contribution in [0.15, 0.2) is 24.4 Å². The molecule has 0 unspecified atom stereocenters. The van der Waals surface area contributed by atoms with Crippen molar-refractivity contribution < 1.29 is 14.3 Å². The van der Waals surface area contributed by atoms with Gasteiger partial charge in [-0.05, 0) is 25.1 Å². The summed E-state index contributed by atoms with van der Waals surface area (Å²) >= 11 is 6.15. The molecule has 3 rings (SSSR count). The number of amides is 1. The maximum Gasteiger partial charge on any atom is 0.258 e. The summed E-state index contributed by atoms with van der Waals surface area (Å²) in [5, 5.41) is 3.41. The number of aromatic nitrogens is 2. The highest BCUT2D eigenvalue weighted by atomic mass is 35.5. The number of benzene rings is 1. The van der Waals surface area contributed by atoms with Crippen LogP contribution in [0.3, 0.4) is 0 Å². The Morgan fingerprint density at radius 2 is 1.89 bits per heavy atom. The van der Waals surface area contributed by atoms with Crippen molar-refractivity contribution in [2.24, 2.45) is 0 Å². The van der Waals surface area contributed by atoms with Gasteiger partial charge < -0.3 is 24.6 Å². The predicted octanol–water partition coefficient (Wildman–Crippen LogP) is 2.22. The molecule has 150 valence electrons. The summed E-state index contributed by atoms with van der Waals surface area (Å²) in [5.74, 6) is 1.36. The fourth-order valence-corrected chi connectivity index (χ4v) is 3.30. The molecule has 1 aliphatic heterocycles. The first-order valence-corrected chi connectivity index (χ1v) is 9.47. The Kier molecular flexibility index (Phi) is 6.41. The van der Waals surface area contributed by atoms with E-state index in [2.05, 4.69) is 25.1 Å². The van der Waals surface area contributed by atoms with E-state index >= 15 is 0 Å². The zero-order valence-corrected chi connectivity index (χ0v) is 17.0. The standard InChI is InChI=1S/C19H24ClN5O3/c1-4-21-17(26)14-12-22-19(23-18(14)28-3)25-9-7-24(8-10-25)15-11-13(20)5-6-16(15)27-2/h5-6,11-12H,4,7-10H2,1-3H3,(H,21,26). The van der Waals surface area contributed by atoms with Gasteiger partial charge in [0, 0.05) is 43.9 Å². The summed E-state index contributed by atoms with van der Waals surface area (Å²) in [6, 6.07) is 5.60. The first-order valence-electron chi connectivity index (χ1n) is 9.10. The van der Waals surface area contributed by atoms with Crippen LogP contribution >= 0.6 is 11.6 Å². The van der Waals surface area contributed by atoms with Crippen molar-refractivity contribution in [1.82, 2.24) is 15.3 Å². The second-order valence-corrected chi connectivity index (χ2v) is 6.68. The number of methoxy groups -OCH3 is 2. The van der Waals surface area contributed by atoms with Crippen molar-refractivity contribution in [3.05, 3.63) is 35.0 Å². The molecule has 0 bridgehead atoms. The molecule has 8 nitrogen and oxygen atoms in total. The van der Waals surface area contributed by atoms with Gasteiger partial charge in [-0.3, -0.25) is 4.79 Å². The molecule has 1 N–H and O–H groups in total. The molecule has 2 heterocycles. The maximum absolute atomic E-state index is 12.1. The average Bonchev–Trinajstić information content (AvgIpc) is 2.73. The lowest BCUT2D eigenvalue weighted by atomic mass is 10.2. The van der Waals surface area contributed by atoms with Crippen LogP contribution in [-0.2, 0) is 0 Å². The van der Waals surface area contributed by atoms with Crippen LogP contribution in [0.25, 0.3) is 0 Å². The number of carbonyl (C=O) groups is 1. The number of rotatable bonds is 6. The third kappa shape index (κ3) is 4.22. The quantitative estimate of drug-likeness (QED) is 0.789. The van der Waals surface area contributed by atoms with Crippen molar-refractivity contribution in [3.63, 3.8) is 0 Å². The minimum absolute atomic E-state index is 0.247. The number of anilines is 2. The Morgan fingerprint density at radius 3 is 2.54 bits per heavy atom. The Labute approximate surface area is 169 Å². The van der Waals surface area contributed by atoms with Gasteiger partial charge in [-0.1, -0.05) is 11.6 Å². The van der Waals surface area contributed by atoms with E-state index in [1.165, 1.54) is 13.3 Å². The Bertz CT molecular complexity index is 840. The Hall–Kier alpha value is -2.74. The lowest BCUT2D eigenvalue weighted by molar-refractivity contribution is 0.0951.